The maximum absolute atomic E-state index is 13.6. The number of benzene rings is 2. The molecule has 12 heteroatoms. The number of amides is 1. The van der Waals surface area contributed by atoms with Crippen LogP contribution in [0.1, 0.15) is 45.1 Å². The molecule has 0 unspecified atom stereocenters. The highest BCUT2D eigenvalue weighted by molar-refractivity contribution is 7.98. The summed E-state index contributed by atoms with van der Waals surface area (Å²) in [6.07, 6.45) is 2.71. The molecule has 0 fully saturated rings. The van der Waals surface area contributed by atoms with Gasteiger partial charge in [-0.3, -0.25) is 9.59 Å². The summed E-state index contributed by atoms with van der Waals surface area (Å²) in [6.45, 7) is -0.477. The zero-order chi connectivity index (χ0) is 29.7. The molecule has 212 valence electrons. The van der Waals surface area contributed by atoms with Gasteiger partial charge in [0.2, 0.25) is 5.75 Å². The number of carbonyl (C=O) groups is 1. The average Bonchev–Trinajstić information content (AvgIpc) is 3.22. The molecule has 1 aliphatic rings. The molecule has 11 nitrogen and oxygen atoms in total. The van der Waals surface area contributed by atoms with E-state index in [0.717, 1.165) is 11.1 Å². The van der Waals surface area contributed by atoms with Crippen molar-refractivity contribution >= 4 is 17.7 Å². The van der Waals surface area contributed by atoms with Gasteiger partial charge in [-0.15, -0.1) is 21.9 Å². The molecule has 0 bridgehead atoms. The Kier molecular flexibility index (Phi) is 8.99. The number of hydrogen-bond acceptors (Lipinski definition) is 10. The number of aryl methyl sites for hydroxylation is 1. The van der Waals surface area contributed by atoms with Crippen LogP contribution in [0.15, 0.2) is 52.2 Å². The van der Waals surface area contributed by atoms with E-state index in [4.69, 9.17) is 14.2 Å². The van der Waals surface area contributed by atoms with E-state index in [0.29, 0.717) is 46.1 Å². The lowest BCUT2D eigenvalue weighted by Crippen LogP contribution is -2.30. The largest absolute Gasteiger partial charge is 0.493 e. The molecule has 0 aliphatic heterocycles. The zero-order valence-electron chi connectivity index (χ0n) is 22.8. The van der Waals surface area contributed by atoms with E-state index in [2.05, 4.69) is 10.2 Å². The highest BCUT2D eigenvalue weighted by Gasteiger charge is 2.30. The van der Waals surface area contributed by atoms with Crippen LogP contribution < -0.4 is 25.0 Å². The van der Waals surface area contributed by atoms with E-state index in [1.165, 1.54) is 57.4 Å². The van der Waals surface area contributed by atoms with Crippen LogP contribution in [-0.2, 0) is 17.9 Å². The summed E-state index contributed by atoms with van der Waals surface area (Å²) in [5, 5.41) is 22.5. The Morgan fingerprint density at radius 1 is 1.15 bits per heavy atom. The first-order valence-corrected chi connectivity index (χ1v) is 13.6. The van der Waals surface area contributed by atoms with Gasteiger partial charge in [-0.25, -0.2) is 0 Å². The Balaban J connectivity index is 1.87. The Morgan fingerprint density at radius 2 is 1.90 bits per heavy atom. The number of fused-ring (bicyclic) bond motifs is 3. The number of methoxy groups -OCH3 is 3. The van der Waals surface area contributed by atoms with Crippen LogP contribution in [-0.4, -0.2) is 38.6 Å². The van der Waals surface area contributed by atoms with Gasteiger partial charge in [0, 0.05) is 5.56 Å². The lowest BCUT2D eigenvalue weighted by Gasteiger charge is -2.20. The summed E-state index contributed by atoms with van der Waals surface area (Å²) in [5.74, 6) is 0.741. The summed E-state index contributed by atoms with van der Waals surface area (Å²) in [5.41, 5.74) is 2.83. The van der Waals surface area contributed by atoms with Crippen LogP contribution in [0.2, 0.25) is 0 Å². The topological polar surface area (TPSA) is 150 Å². The molecule has 1 N–H and O–H groups in total. The monoisotopic (exact) mass is 577 g/mol. The molecule has 41 heavy (non-hydrogen) atoms. The smallest absolute Gasteiger partial charge is 0.294 e. The van der Waals surface area contributed by atoms with Gasteiger partial charge in [-0.2, -0.15) is 5.26 Å². The fourth-order valence-electron chi connectivity index (χ4n) is 5.02. The van der Waals surface area contributed by atoms with Gasteiger partial charge in [-0.1, -0.05) is 18.2 Å². The van der Waals surface area contributed by atoms with E-state index in [9.17, 15) is 25.0 Å². The van der Waals surface area contributed by atoms with Gasteiger partial charge >= 0.3 is 0 Å². The Labute approximate surface area is 240 Å². The molecule has 0 spiro atoms. The molecule has 3 aromatic carbocycles. The molecule has 0 saturated heterocycles. The summed E-state index contributed by atoms with van der Waals surface area (Å²) in [4.78, 5) is 42.4. The SMILES string of the molecule is COc1cc2c(c(OC)c1OC)-c1ccc(SC)c(=O)cc1[C@@H](NC(=O)c1cccc(CO[N+](=O)[O-])c1C#N)CC2. The van der Waals surface area contributed by atoms with Crippen LogP contribution >= 0.6 is 11.8 Å². The van der Waals surface area contributed by atoms with Crippen molar-refractivity contribution in [3.8, 4) is 34.4 Å². The number of ether oxygens (including phenoxy) is 3. The lowest BCUT2D eigenvalue weighted by atomic mass is 9.95. The second kappa shape index (κ2) is 12.6. The molecule has 0 aromatic heterocycles. The van der Waals surface area contributed by atoms with Gasteiger partial charge in [0.25, 0.3) is 11.0 Å². The minimum absolute atomic E-state index is 0.0343. The van der Waals surface area contributed by atoms with Crippen molar-refractivity contribution in [1.82, 2.24) is 5.32 Å². The number of carbonyl (C=O) groups excluding carboxylic acids is 1. The lowest BCUT2D eigenvalue weighted by molar-refractivity contribution is -0.763. The third-order valence-corrected chi connectivity index (χ3v) is 7.64. The molecule has 0 radical (unpaired) electrons. The fraction of sp³-hybridized carbons (Fsp3) is 0.276. The summed E-state index contributed by atoms with van der Waals surface area (Å²) in [6, 6.07) is 12.7. The summed E-state index contributed by atoms with van der Waals surface area (Å²) < 4.78 is 17.0. The fourth-order valence-corrected chi connectivity index (χ4v) is 5.48. The second-order valence-electron chi connectivity index (χ2n) is 8.97. The highest BCUT2D eigenvalue weighted by Crippen LogP contribution is 2.50. The van der Waals surface area contributed by atoms with E-state index < -0.39 is 23.6 Å². The average molecular weight is 578 g/mol. The third-order valence-electron chi connectivity index (χ3n) is 6.86. The molecular weight excluding hydrogens is 550 g/mol. The van der Waals surface area contributed by atoms with Gasteiger partial charge in [0.1, 0.15) is 12.7 Å². The van der Waals surface area contributed by atoms with Crippen LogP contribution in [0, 0.1) is 21.4 Å². The zero-order valence-corrected chi connectivity index (χ0v) is 23.6. The number of nitrogens with one attached hydrogen (secondary N) is 1. The molecule has 1 aliphatic carbocycles. The highest BCUT2D eigenvalue weighted by atomic mass is 32.2. The molecule has 4 rings (SSSR count). The standard InChI is InChI=1S/C29H27N3O8S/c1-37-24-12-16-8-10-22(31-29(34)19-7-5-6-17(21(19)14-30)15-40-32(35)36)20-13-23(33)25(41-4)11-9-18(20)26(16)28(39-3)27(24)38-2/h5-7,9,11-13,22H,8,10,15H2,1-4H3,(H,31,34)/t22-/m0/s1. The third kappa shape index (κ3) is 5.76. The summed E-state index contributed by atoms with van der Waals surface area (Å²) in [7, 11) is 4.57. The van der Waals surface area contributed by atoms with Gasteiger partial charge in [0.15, 0.2) is 16.9 Å². The maximum Gasteiger partial charge on any atom is 0.294 e. The van der Waals surface area contributed by atoms with Crippen molar-refractivity contribution in [3.05, 3.63) is 90.6 Å². The number of hydrogen-bond donors (Lipinski definition) is 1. The number of nitrogens with zero attached hydrogens (tertiary/aromatic N) is 2. The van der Waals surface area contributed by atoms with E-state index in [1.807, 2.05) is 24.5 Å². The molecule has 3 aromatic rings. The predicted octanol–water partition coefficient (Wildman–Crippen LogP) is 4.46. The number of thioether (sulfide) groups is 1. The minimum Gasteiger partial charge on any atom is -0.493 e. The number of rotatable bonds is 9. The van der Waals surface area contributed by atoms with Crippen molar-refractivity contribution < 1.29 is 28.9 Å². The maximum atomic E-state index is 13.6. The van der Waals surface area contributed by atoms with Crippen LogP contribution in [0.4, 0.5) is 0 Å². The molecule has 1 atom stereocenters. The molecule has 0 heterocycles. The van der Waals surface area contributed by atoms with E-state index >= 15 is 0 Å². The second-order valence-corrected chi connectivity index (χ2v) is 9.82. The Bertz CT molecular complexity index is 1620. The van der Waals surface area contributed by atoms with Crippen LogP contribution in [0.25, 0.3) is 11.1 Å². The van der Waals surface area contributed by atoms with Crippen molar-refractivity contribution in [2.24, 2.45) is 0 Å². The van der Waals surface area contributed by atoms with Crippen molar-refractivity contribution in [2.45, 2.75) is 30.4 Å². The van der Waals surface area contributed by atoms with Crippen LogP contribution in [0.3, 0.4) is 0 Å². The van der Waals surface area contributed by atoms with Crippen molar-refractivity contribution in [2.75, 3.05) is 27.6 Å². The normalized spacial score (nSPS) is 13.5. The minimum atomic E-state index is -0.963. The molecular formula is C29H27N3O8S. The summed E-state index contributed by atoms with van der Waals surface area (Å²) >= 11 is 1.31. The quantitative estimate of drug-likeness (QED) is 0.219. The van der Waals surface area contributed by atoms with Crippen molar-refractivity contribution in [3.63, 3.8) is 0 Å². The number of nitriles is 1. The molecule has 1 amide bonds. The molecule has 0 saturated carbocycles. The van der Waals surface area contributed by atoms with Gasteiger partial charge < -0.3 is 24.4 Å². The predicted molar refractivity (Wildman–Crippen MR) is 151 cm³/mol. The van der Waals surface area contributed by atoms with Crippen molar-refractivity contribution in [1.29, 1.82) is 5.26 Å². The van der Waals surface area contributed by atoms with Gasteiger partial charge in [-0.05, 0) is 65.6 Å². The first kappa shape index (κ1) is 29.2. The first-order chi connectivity index (χ1) is 19.8. The first-order valence-electron chi connectivity index (χ1n) is 12.4. The van der Waals surface area contributed by atoms with E-state index in [1.54, 1.807) is 6.07 Å². The Morgan fingerprint density at radius 3 is 2.54 bits per heavy atom. The Hall–Kier alpha value is -4.76. The van der Waals surface area contributed by atoms with Crippen LogP contribution in [0.5, 0.6) is 17.2 Å². The van der Waals surface area contributed by atoms with Gasteiger partial charge in [0.05, 0.1) is 43.4 Å². The van der Waals surface area contributed by atoms with E-state index in [-0.39, 0.29) is 22.1 Å².